The minimum Gasteiger partial charge on any atom is -0.368 e. The standard InChI is InChI=1S/C16H22OS2/c1-12(2)14-11-16(18-9-6-10-19-16)15(17-14)13-7-4-3-5-8-13/h3-5,7-8,12,14-15H,6,9-11H2,1-2H3/t14-,15+/m0/s1. The summed E-state index contributed by atoms with van der Waals surface area (Å²) in [5, 5.41) is 0. The highest BCUT2D eigenvalue weighted by Crippen LogP contribution is 2.59. The summed E-state index contributed by atoms with van der Waals surface area (Å²) in [7, 11) is 0. The average molecular weight is 294 g/mol. The van der Waals surface area contributed by atoms with Crippen molar-refractivity contribution in [3.8, 4) is 0 Å². The summed E-state index contributed by atoms with van der Waals surface area (Å²) in [6, 6.07) is 10.8. The van der Waals surface area contributed by atoms with Crippen LogP contribution >= 0.6 is 23.5 Å². The lowest BCUT2D eigenvalue weighted by molar-refractivity contribution is 0.0182. The van der Waals surface area contributed by atoms with E-state index in [0.717, 1.165) is 0 Å². The fourth-order valence-electron chi connectivity index (χ4n) is 2.93. The van der Waals surface area contributed by atoms with E-state index >= 15 is 0 Å². The predicted octanol–water partition coefficient (Wildman–Crippen LogP) is 4.74. The molecule has 1 spiro atoms. The van der Waals surface area contributed by atoms with E-state index in [2.05, 4.69) is 67.7 Å². The summed E-state index contributed by atoms with van der Waals surface area (Å²) >= 11 is 4.27. The lowest BCUT2D eigenvalue weighted by Crippen LogP contribution is -2.29. The first-order chi connectivity index (χ1) is 9.21. The molecule has 1 aromatic carbocycles. The minimum atomic E-state index is 0.258. The quantitative estimate of drug-likeness (QED) is 0.780. The summed E-state index contributed by atoms with van der Waals surface area (Å²) in [6.07, 6.45) is 3.20. The van der Waals surface area contributed by atoms with Crippen molar-refractivity contribution in [2.75, 3.05) is 11.5 Å². The van der Waals surface area contributed by atoms with Crippen molar-refractivity contribution >= 4 is 23.5 Å². The van der Waals surface area contributed by atoms with E-state index in [4.69, 9.17) is 4.74 Å². The molecule has 3 heteroatoms. The fourth-order valence-corrected chi connectivity index (χ4v) is 6.46. The monoisotopic (exact) mass is 294 g/mol. The van der Waals surface area contributed by atoms with Crippen molar-refractivity contribution in [3.05, 3.63) is 35.9 Å². The molecule has 0 amide bonds. The molecule has 0 unspecified atom stereocenters. The Morgan fingerprint density at radius 2 is 1.84 bits per heavy atom. The molecule has 0 saturated carbocycles. The van der Waals surface area contributed by atoms with Gasteiger partial charge in [-0.1, -0.05) is 44.2 Å². The third-order valence-corrected chi connectivity index (χ3v) is 7.45. The molecule has 0 aromatic heterocycles. The Bertz CT molecular complexity index is 412. The number of hydrogen-bond donors (Lipinski definition) is 0. The van der Waals surface area contributed by atoms with E-state index in [0.29, 0.717) is 12.0 Å². The Balaban J connectivity index is 1.90. The van der Waals surface area contributed by atoms with Crippen LogP contribution in [-0.4, -0.2) is 21.7 Å². The van der Waals surface area contributed by atoms with Crippen molar-refractivity contribution in [1.29, 1.82) is 0 Å². The second-order valence-electron chi connectivity index (χ2n) is 5.78. The van der Waals surface area contributed by atoms with Gasteiger partial charge >= 0.3 is 0 Å². The van der Waals surface area contributed by atoms with Gasteiger partial charge in [0.15, 0.2) is 0 Å². The van der Waals surface area contributed by atoms with Crippen LogP contribution < -0.4 is 0 Å². The molecule has 104 valence electrons. The van der Waals surface area contributed by atoms with Crippen molar-refractivity contribution in [2.45, 2.75) is 43.0 Å². The maximum Gasteiger partial charge on any atom is 0.107 e. The van der Waals surface area contributed by atoms with Crippen molar-refractivity contribution < 1.29 is 4.74 Å². The van der Waals surface area contributed by atoms with Crippen molar-refractivity contribution in [2.24, 2.45) is 5.92 Å². The first kappa shape index (κ1) is 13.8. The van der Waals surface area contributed by atoms with Gasteiger partial charge < -0.3 is 4.74 Å². The predicted molar refractivity (Wildman–Crippen MR) is 85.8 cm³/mol. The molecule has 19 heavy (non-hydrogen) atoms. The molecule has 0 N–H and O–H groups in total. The Kier molecular flexibility index (Phi) is 4.16. The smallest absolute Gasteiger partial charge is 0.107 e. The molecule has 2 saturated heterocycles. The van der Waals surface area contributed by atoms with Crippen LogP contribution in [0.5, 0.6) is 0 Å². The number of hydrogen-bond acceptors (Lipinski definition) is 3. The van der Waals surface area contributed by atoms with Gasteiger partial charge in [-0.05, 0) is 29.4 Å². The molecule has 1 nitrogen and oxygen atoms in total. The molecule has 2 aliphatic heterocycles. The lowest BCUT2D eigenvalue weighted by Gasteiger charge is -2.36. The summed E-state index contributed by atoms with van der Waals surface area (Å²) in [6.45, 7) is 4.56. The number of thioether (sulfide) groups is 2. The first-order valence-corrected chi connectivity index (χ1v) is 9.17. The Labute approximate surface area is 124 Å². The Hall–Kier alpha value is -0.120. The minimum absolute atomic E-state index is 0.258. The normalized spacial score (nSPS) is 30.1. The van der Waals surface area contributed by atoms with Crippen LogP contribution in [0.25, 0.3) is 0 Å². The molecule has 0 bridgehead atoms. The third kappa shape index (κ3) is 2.70. The van der Waals surface area contributed by atoms with Gasteiger partial charge in [-0.2, -0.15) is 0 Å². The summed E-state index contributed by atoms with van der Waals surface area (Å²) in [5.74, 6) is 3.17. The molecule has 3 rings (SSSR count). The van der Waals surface area contributed by atoms with Crippen molar-refractivity contribution in [1.82, 2.24) is 0 Å². The van der Waals surface area contributed by atoms with E-state index in [-0.39, 0.29) is 10.2 Å². The van der Waals surface area contributed by atoms with Crippen LogP contribution in [0.2, 0.25) is 0 Å². The topological polar surface area (TPSA) is 9.23 Å². The molecular formula is C16H22OS2. The number of rotatable bonds is 2. The van der Waals surface area contributed by atoms with Crippen LogP contribution in [0.1, 0.15) is 38.4 Å². The molecule has 1 aromatic rings. The van der Waals surface area contributed by atoms with E-state index in [1.54, 1.807) is 0 Å². The molecule has 2 aliphatic rings. The van der Waals surface area contributed by atoms with Gasteiger partial charge in [0, 0.05) is 6.42 Å². The summed E-state index contributed by atoms with van der Waals surface area (Å²) < 4.78 is 6.72. The molecule has 0 aliphatic carbocycles. The Morgan fingerprint density at radius 3 is 2.47 bits per heavy atom. The molecule has 2 heterocycles. The number of benzene rings is 1. The van der Waals surface area contributed by atoms with E-state index in [1.165, 1.54) is 29.9 Å². The zero-order valence-corrected chi connectivity index (χ0v) is 13.3. The largest absolute Gasteiger partial charge is 0.368 e. The second-order valence-corrected chi connectivity index (χ2v) is 8.88. The van der Waals surface area contributed by atoms with Crippen LogP contribution in [0, 0.1) is 5.92 Å². The van der Waals surface area contributed by atoms with Crippen LogP contribution in [0.3, 0.4) is 0 Å². The van der Waals surface area contributed by atoms with Crippen LogP contribution in [0.4, 0.5) is 0 Å². The molecule has 2 fully saturated rings. The van der Waals surface area contributed by atoms with E-state index in [1.807, 2.05) is 0 Å². The molecular weight excluding hydrogens is 272 g/mol. The van der Waals surface area contributed by atoms with Crippen molar-refractivity contribution in [3.63, 3.8) is 0 Å². The van der Waals surface area contributed by atoms with Gasteiger partial charge in [0.1, 0.15) is 6.10 Å². The first-order valence-electron chi connectivity index (χ1n) is 7.19. The van der Waals surface area contributed by atoms with Gasteiger partial charge in [0.05, 0.1) is 10.2 Å². The SMILES string of the molecule is CC(C)[C@@H]1CC2(SCCCS2)[C@@H](c2ccccc2)O1. The third-order valence-electron chi connectivity index (χ3n) is 4.02. The maximum atomic E-state index is 6.46. The lowest BCUT2D eigenvalue weighted by atomic mass is 10.0. The van der Waals surface area contributed by atoms with Gasteiger partial charge in [0.2, 0.25) is 0 Å². The highest BCUT2D eigenvalue weighted by molar-refractivity contribution is 8.18. The zero-order valence-electron chi connectivity index (χ0n) is 11.7. The summed E-state index contributed by atoms with van der Waals surface area (Å²) in [4.78, 5) is 0. The Morgan fingerprint density at radius 1 is 1.16 bits per heavy atom. The van der Waals surface area contributed by atoms with Gasteiger partial charge in [0.25, 0.3) is 0 Å². The molecule has 0 radical (unpaired) electrons. The second kappa shape index (κ2) is 5.71. The van der Waals surface area contributed by atoms with Gasteiger partial charge in [-0.15, -0.1) is 23.5 Å². The maximum absolute atomic E-state index is 6.46. The molecule has 2 atom stereocenters. The van der Waals surface area contributed by atoms with Gasteiger partial charge in [-0.25, -0.2) is 0 Å². The number of ether oxygens (including phenoxy) is 1. The zero-order chi connectivity index (χ0) is 13.3. The summed E-state index contributed by atoms with van der Waals surface area (Å²) in [5.41, 5.74) is 1.35. The van der Waals surface area contributed by atoms with E-state index < -0.39 is 0 Å². The van der Waals surface area contributed by atoms with Crippen LogP contribution in [0.15, 0.2) is 30.3 Å². The highest BCUT2D eigenvalue weighted by atomic mass is 32.2. The van der Waals surface area contributed by atoms with E-state index in [9.17, 15) is 0 Å². The fraction of sp³-hybridized carbons (Fsp3) is 0.625. The van der Waals surface area contributed by atoms with Crippen LogP contribution in [-0.2, 0) is 4.74 Å². The van der Waals surface area contributed by atoms with Gasteiger partial charge in [-0.3, -0.25) is 0 Å². The average Bonchev–Trinajstić information content (AvgIpc) is 2.80. The highest BCUT2D eigenvalue weighted by Gasteiger charge is 2.51.